The van der Waals surface area contributed by atoms with Gasteiger partial charge in [0.1, 0.15) is 11.6 Å². The van der Waals surface area contributed by atoms with Crippen LogP contribution in [0.3, 0.4) is 0 Å². The standard InChI is InChI=1S/C13H20N6S/c1-9-7-19(4-5-20-9)8-11-16-12(14-2)10-6-15-18(3)13(10)17-11/h6,9H,4-5,7-8H2,1-3H3,(H,14,16,17). The molecule has 1 fully saturated rings. The SMILES string of the molecule is CNc1nc(CN2CCSC(C)C2)nc2c1cnn2C. The second-order valence-corrected chi connectivity index (χ2v) is 6.71. The molecule has 1 aliphatic rings. The van der Waals surface area contributed by atoms with E-state index in [9.17, 15) is 0 Å². The molecule has 108 valence electrons. The summed E-state index contributed by atoms with van der Waals surface area (Å²) in [6.07, 6.45) is 1.81. The number of rotatable bonds is 3. The van der Waals surface area contributed by atoms with E-state index in [-0.39, 0.29) is 0 Å². The second kappa shape index (κ2) is 5.57. The first-order valence-corrected chi connectivity index (χ1v) is 7.92. The Kier molecular flexibility index (Phi) is 3.80. The number of fused-ring (bicyclic) bond motifs is 1. The molecule has 1 atom stereocenters. The number of anilines is 1. The molecular weight excluding hydrogens is 272 g/mol. The van der Waals surface area contributed by atoms with Crippen LogP contribution in [0.1, 0.15) is 12.7 Å². The van der Waals surface area contributed by atoms with Crippen LogP contribution in [0.2, 0.25) is 0 Å². The Morgan fingerprint density at radius 2 is 2.30 bits per heavy atom. The number of thioether (sulfide) groups is 1. The molecule has 3 heterocycles. The predicted octanol–water partition coefficient (Wildman–Crippen LogP) is 1.34. The molecule has 7 heteroatoms. The Balaban J connectivity index is 1.89. The Morgan fingerprint density at radius 1 is 1.45 bits per heavy atom. The van der Waals surface area contributed by atoms with Gasteiger partial charge in [0.15, 0.2) is 5.65 Å². The van der Waals surface area contributed by atoms with E-state index >= 15 is 0 Å². The van der Waals surface area contributed by atoms with E-state index in [0.29, 0.717) is 5.25 Å². The van der Waals surface area contributed by atoms with Crippen LogP contribution in [-0.2, 0) is 13.6 Å². The fourth-order valence-corrected chi connectivity index (χ4v) is 3.64. The summed E-state index contributed by atoms with van der Waals surface area (Å²) in [6.45, 7) is 5.30. The third-order valence-electron chi connectivity index (χ3n) is 3.57. The van der Waals surface area contributed by atoms with Crippen molar-refractivity contribution < 1.29 is 0 Å². The fraction of sp³-hybridized carbons (Fsp3) is 0.615. The molecular formula is C13H20N6S. The van der Waals surface area contributed by atoms with E-state index in [4.69, 9.17) is 0 Å². The number of hydrogen-bond acceptors (Lipinski definition) is 6. The third-order valence-corrected chi connectivity index (χ3v) is 4.70. The lowest BCUT2D eigenvalue weighted by molar-refractivity contribution is 0.272. The van der Waals surface area contributed by atoms with Gasteiger partial charge in [0.05, 0.1) is 18.1 Å². The van der Waals surface area contributed by atoms with Gasteiger partial charge in [-0.3, -0.25) is 9.58 Å². The van der Waals surface area contributed by atoms with Crippen molar-refractivity contribution in [3.63, 3.8) is 0 Å². The first-order chi connectivity index (χ1) is 9.67. The van der Waals surface area contributed by atoms with Gasteiger partial charge < -0.3 is 5.32 Å². The van der Waals surface area contributed by atoms with Gasteiger partial charge in [0, 0.05) is 38.2 Å². The fourth-order valence-electron chi connectivity index (χ4n) is 2.56. The van der Waals surface area contributed by atoms with Gasteiger partial charge in [-0.1, -0.05) is 6.92 Å². The van der Waals surface area contributed by atoms with Crippen molar-refractivity contribution in [2.75, 3.05) is 31.2 Å². The van der Waals surface area contributed by atoms with Crippen molar-refractivity contribution in [2.45, 2.75) is 18.7 Å². The average Bonchev–Trinajstić information content (AvgIpc) is 2.80. The molecule has 0 radical (unpaired) electrons. The summed E-state index contributed by atoms with van der Waals surface area (Å²) in [5.74, 6) is 2.91. The van der Waals surface area contributed by atoms with E-state index in [2.05, 4.69) is 32.2 Å². The van der Waals surface area contributed by atoms with Crippen molar-refractivity contribution in [1.29, 1.82) is 0 Å². The van der Waals surface area contributed by atoms with E-state index in [0.717, 1.165) is 42.3 Å². The molecule has 2 aromatic rings. The molecule has 20 heavy (non-hydrogen) atoms. The number of nitrogens with zero attached hydrogens (tertiary/aromatic N) is 5. The highest BCUT2D eigenvalue weighted by Gasteiger charge is 2.19. The zero-order valence-corrected chi connectivity index (χ0v) is 12.9. The van der Waals surface area contributed by atoms with Crippen LogP contribution in [0.25, 0.3) is 11.0 Å². The van der Waals surface area contributed by atoms with Gasteiger partial charge in [-0.15, -0.1) is 0 Å². The van der Waals surface area contributed by atoms with Gasteiger partial charge in [0.2, 0.25) is 0 Å². The summed E-state index contributed by atoms with van der Waals surface area (Å²) >= 11 is 2.04. The van der Waals surface area contributed by atoms with Gasteiger partial charge in [-0.25, -0.2) is 9.97 Å². The van der Waals surface area contributed by atoms with Gasteiger partial charge in [-0.2, -0.15) is 16.9 Å². The first kappa shape index (κ1) is 13.6. The quantitative estimate of drug-likeness (QED) is 0.921. The Morgan fingerprint density at radius 3 is 3.05 bits per heavy atom. The highest BCUT2D eigenvalue weighted by Crippen LogP contribution is 2.22. The minimum Gasteiger partial charge on any atom is -0.372 e. The lowest BCUT2D eigenvalue weighted by Crippen LogP contribution is -2.36. The van der Waals surface area contributed by atoms with Crippen molar-refractivity contribution in [3.8, 4) is 0 Å². The first-order valence-electron chi connectivity index (χ1n) is 6.87. The van der Waals surface area contributed by atoms with Crippen molar-refractivity contribution >= 4 is 28.6 Å². The number of aromatic nitrogens is 4. The Hall–Kier alpha value is -1.34. The molecule has 3 rings (SSSR count). The highest BCUT2D eigenvalue weighted by molar-refractivity contribution is 7.99. The van der Waals surface area contributed by atoms with E-state index in [1.807, 2.05) is 32.1 Å². The van der Waals surface area contributed by atoms with Crippen LogP contribution in [-0.4, -0.2) is 55.8 Å². The van der Waals surface area contributed by atoms with Crippen LogP contribution in [0.15, 0.2) is 6.20 Å². The summed E-state index contributed by atoms with van der Waals surface area (Å²) in [5.41, 5.74) is 0.888. The van der Waals surface area contributed by atoms with Crippen LogP contribution >= 0.6 is 11.8 Å². The Labute approximate surface area is 123 Å². The molecule has 1 aliphatic heterocycles. The monoisotopic (exact) mass is 292 g/mol. The number of aryl methyl sites for hydroxylation is 1. The summed E-state index contributed by atoms with van der Waals surface area (Å²) in [7, 11) is 3.80. The number of nitrogens with one attached hydrogen (secondary N) is 1. The highest BCUT2D eigenvalue weighted by atomic mass is 32.2. The topological polar surface area (TPSA) is 58.9 Å². The maximum atomic E-state index is 4.66. The van der Waals surface area contributed by atoms with Gasteiger partial charge >= 0.3 is 0 Å². The normalized spacial score (nSPS) is 20.4. The smallest absolute Gasteiger partial charge is 0.163 e. The molecule has 6 nitrogen and oxygen atoms in total. The zero-order chi connectivity index (χ0) is 14.1. The van der Waals surface area contributed by atoms with Crippen molar-refractivity contribution in [2.24, 2.45) is 7.05 Å². The predicted molar refractivity (Wildman–Crippen MR) is 83.0 cm³/mol. The molecule has 1 N–H and O–H groups in total. The van der Waals surface area contributed by atoms with Crippen LogP contribution in [0, 0.1) is 0 Å². The lowest BCUT2D eigenvalue weighted by Gasteiger charge is -2.29. The molecule has 1 saturated heterocycles. The summed E-state index contributed by atoms with van der Waals surface area (Å²) in [4.78, 5) is 11.7. The summed E-state index contributed by atoms with van der Waals surface area (Å²) in [5, 5.41) is 9.07. The van der Waals surface area contributed by atoms with Crippen LogP contribution < -0.4 is 5.32 Å². The molecule has 0 spiro atoms. The van der Waals surface area contributed by atoms with E-state index < -0.39 is 0 Å². The molecule has 0 amide bonds. The maximum Gasteiger partial charge on any atom is 0.163 e. The molecule has 0 saturated carbocycles. The third kappa shape index (κ3) is 2.60. The average molecular weight is 292 g/mol. The Bertz CT molecular complexity index is 610. The lowest BCUT2D eigenvalue weighted by atomic mass is 10.3. The zero-order valence-electron chi connectivity index (χ0n) is 12.1. The largest absolute Gasteiger partial charge is 0.372 e. The molecule has 0 bridgehead atoms. The molecule has 0 aromatic carbocycles. The molecule has 2 aromatic heterocycles. The van der Waals surface area contributed by atoms with Crippen LogP contribution in [0.5, 0.6) is 0 Å². The minimum absolute atomic E-state index is 0.688. The maximum absolute atomic E-state index is 4.66. The second-order valence-electron chi connectivity index (χ2n) is 5.16. The van der Waals surface area contributed by atoms with Crippen LogP contribution in [0.4, 0.5) is 5.82 Å². The van der Waals surface area contributed by atoms with Crippen molar-refractivity contribution in [1.82, 2.24) is 24.6 Å². The minimum atomic E-state index is 0.688. The molecule has 0 aliphatic carbocycles. The molecule has 1 unspecified atom stereocenters. The summed E-state index contributed by atoms with van der Waals surface area (Å²) in [6, 6.07) is 0. The van der Waals surface area contributed by atoms with Crippen molar-refractivity contribution in [3.05, 3.63) is 12.0 Å². The number of hydrogen-bond donors (Lipinski definition) is 1. The summed E-state index contributed by atoms with van der Waals surface area (Å²) < 4.78 is 1.80. The van der Waals surface area contributed by atoms with E-state index in [1.54, 1.807) is 4.68 Å². The van der Waals surface area contributed by atoms with Gasteiger partial charge in [-0.05, 0) is 0 Å². The van der Waals surface area contributed by atoms with E-state index in [1.165, 1.54) is 5.75 Å². The van der Waals surface area contributed by atoms with Gasteiger partial charge in [0.25, 0.3) is 0 Å².